The topological polar surface area (TPSA) is 41.3 Å². The zero-order chi connectivity index (χ0) is 29.6. The van der Waals surface area contributed by atoms with Gasteiger partial charge < -0.3 is 8.82 Å². The summed E-state index contributed by atoms with van der Waals surface area (Å²) in [6.45, 7) is 0. The highest BCUT2D eigenvalue weighted by atomic mass is 16.3. The number of fused-ring (bicyclic) bond motifs is 10. The van der Waals surface area contributed by atoms with Crippen LogP contribution in [0, 0.1) is 35.0 Å². The van der Waals surface area contributed by atoms with Crippen LogP contribution in [0.3, 0.4) is 0 Å². The van der Waals surface area contributed by atoms with E-state index in [2.05, 4.69) is 59.0 Å². The van der Waals surface area contributed by atoms with E-state index >= 15 is 0 Å². The Kier molecular flexibility index (Phi) is 4.16. The van der Waals surface area contributed by atoms with Crippen molar-refractivity contribution >= 4 is 60.0 Å². The van der Waals surface area contributed by atoms with Crippen molar-refractivity contribution in [3.8, 4) is 6.07 Å². The fraction of sp³-hybridized carbons (Fsp3) is 0.419. The SMILES string of the molecule is N#Cc1cc2c(c3c1C1CC4CC(C1)CC3C4)c1c3oc4ccccc4c3cc3c4c5c(ccc4n2c31)C1CC2CC(C1)CC5C2. The van der Waals surface area contributed by atoms with E-state index in [0.717, 1.165) is 40.4 Å². The molecule has 15 rings (SSSR count). The van der Waals surface area contributed by atoms with Gasteiger partial charge in [-0.25, -0.2) is 0 Å². The molecule has 4 unspecified atom stereocenters. The summed E-state index contributed by atoms with van der Waals surface area (Å²) in [4.78, 5) is 0. The normalized spacial score (nSPS) is 32.3. The van der Waals surface area contributed by atoms with Gasteiger partial charge >= 0.3 is 0 Å². The number of benzene rings is 4. The number of furan rings is 1. The monoisotopic (exact) mass is 596 g/mol. The number of nitrogens with zero attached hydrogens (tertiary/aromatic N) is 2. The van der Waals surface area contributed by atoms with E-state index < -0.39 is 0 Å². The third-order valence-corrected chi connectivity index (χ3v) is 14.6. The van der Waals surface area contributed by atoms with E-state index in [9.17, 15) is 5.26 Å². The lowest BCUT2D eigenvalue weighted by atomic mass is 9.67. The second-order valence-electron chi connectivity index (χ2n) is 16.8. The van der Waals surface area contributed by atoms with Crippen molar-refractivity contribution in [2.45, 2.75) is 87.9 Å². The standard InChI is InChI=1S/C43H36N2O/c44-19-28-17-34-40(38-27-15-22-8-23(16-27)12-25(11-22)36(28)38)41-42-32(18-31-30-3-1-2-4-35(30)46-43(31)41)39-33(45(34)42)6-5-29-24-9-20-7-21(10-24)14-26(13-20)37(29)39/h1-6,17-18,20-27H,7-16H2. The van der Waals surface area contributed by atoms with E-state index in [1.807, 2.05) is 0 Å². The minimum absolute atomic E-state index is 0.523. The van der Waals surface area contributed by atoms with Crippen molar-refractivity contribution in [1.82, 2.24) is 4.40 Å². The zero-order valence-electron chi connectivity index (χ0n) is 26.1. The summed E-state index contributed by atoms with van der Waals surface area (Å²) in [5, 5.41) is 19.0. The molecule has 3 heterocycles. The first-order valence-electron chi connectivity index (χ1n) is 18.3. The summed E-state index contributed by atoms with van der Waals surface area (Å²) in [6, 6.07) is 21.3. The molecule has 4 atom stereocenters. The van der Waals surface area contributed by atoms with Gasteiger partial charge in [0.05, 0.1) is 33.6 Å². The Labute approximate surface area is 267 Å². The van der Waals surface area contributed by atoms with Crippen LogP contribution in [0.15, 0.2) is 52.9 Å². The quantitative estimate of drug-likeness (QED) is 0.175. The summed E-state index contributed by atoms with van der Waals surface area (Å²) < 4.78 is 9.54. The van der Waals surface area contributed by atoms with Crippen LogP contribution in [0.2, 0.25) is 0 Å². The third kappa shape index (κ3) is 2.70. The van der Waals surface area contributed by atoms with Crippen LogP contribution in [-0.2, 0) is 0 Å². The first kappa shape index (κ1) is 24.2. The average Bonchev–Trinajstić information content (AvgIpc) is 3.62. The van der Waals surface area contributed by atoms with Gasteiger partial charge in [-0.2, -0.15) is 5.26 Å². The first-order chi connectivity index (χ1) is 22.7. The number of para-hydroxylation sites is 1. The van der Waals surface area contributed by atoms with Crippen molar-refractivity contribution < 1.29 is 4.42 Å². The van der Waals surface area contributed by atoms with Crippen LogP contribution in [0.25, 0.3) is 60.0 Å². The summed E-state index contributed by atoms with van der Waals surface area (Å²) in [7, 11) is 0. The van der Waals surface area contributed by atoms with E-state index in [1.165, 1.54) is 124 Å². The van der Waals surface area contributed by atoms with Gasteiger partial charge in [0.15, 0.2) is 0 Å². The minimum Gasteiger partial charge on any atom is -0.455 e. The van der Waals surface area contributed by atoms with Gasteiger partial charge in [-0.3, -0.25) is 0 Å². The van der Waals surface area contributed by atoms with Crippen LogP contribution < -0.4 is 0 Å². The van der Waals surface area contributed by atoms with E-state index in [4.69, 9.17) is 4.42 Å². The molecule has 0 N–H and O–H groups in total. The molecule has 4 saturated carbocycles. The average molecular weight is 597 g/mol. The summed E-state index contributed by atoms with van der Waals surface area (Å²) in [5.41, 5.74) is 13.2. The van der Waals surface area contributed by atoms with Crippen LogP contribution in [-0.4, -0.2) is 4.40 Å². The second kappa shape index (κ2) is 7.91. The molecule has 0 aliphatic heterocycles. The zero-order valence-corrected chi connectivity index (χ0v) is 26.1. The Bertz CT molecular complexity index is 2550. The number of rotatable bonds is 0. The predicted molar refractivity (Wildman–Crippen MR) is 184 cm³/mol. The lowest BCUT2D eigenvalue weighted by Crippen LogP contribution is -2.25. The van der Waals surface area contributed by atoms with Crippen LogP contribution in [0.1, 0.15) is 116 Å². The van der Waals surface area contributed by atoms with E-state index in [-0.39, 0.29) is 0 Å². The van der Waals surface area contributed by atoms with Gasteiger partial charge in [0, 0.05) is 26.9 Å². The number of hydrogen-bond acceptors (Lipinski definition) is 2. The van der Waals surface area contributed by atoms with Gasteiger partial charge in [0.2, 0.25) is 0 Å². The lowest BCUT2D eigenvalue weighted by Gasteiger charge is -2.38. The molecule has 0 amide bonds. The molecule has 0 saturated heterocycles. The Morgan fingerprint density at radius 1 is 0.587 bits per heavy atom. The van der Waals surface area contributed by atoms with Crippen molar-refractivity contribution in [3.05, 3.63) is 76.3 Å². The molecule has 0 spiro atoms. The van der Waals surface area contributed by atoms with Gasteiger partial charge in [0.1, 0.15) is 11.2 Å². The van der Waals surface area contributed by atoms with Crippen LogP contribution in [0.5, 0.6) is 0 Å². The smallest absolute Gasteiger partial charge is 0.145 e. The van der Waals surface area contributed by atoms with Gasteiger partial charge in [-0.15, -0.1) is 0 Å². The lowest BCUT2D eigenvalue weighted by molar-refractivity contribution is 0.166. The Morgan fingerprint density at radius 3 is 2.00 bits per heavy atom. The summed E-state index contributed by atoms with van der Waals surface area (Å²) in [6.07, 6.45) is 13.5. The Morgan fingerprint density at radius 2 is 1.26 bits per heavy atom. The molecular weight excluding hydrogens is 560 g/mol. The van der Waals surface area contributed by atoms with Crippen molar-refractivity contribution in [3.63, 3.8) is 0 Å². The third-order valence-electron chi connectivity index (χ3n) is 14.6. The fourth-order valence-corrected chi connectivity index (χ4v) is 13.5. The highest BCUT2D eigenvalue weighted by Crippen LogP contribution is 2.62. The minimum atomic E-state index is 0.523. The second-order valence-corrected chi connectivity index (χ2v) is 16.8. The maximum atomic E-state index is 10.8. The molecule has 4 aromatic carbocycles. The molecule has 3 nitrogen and oxygen atoms in total. The molecule has 3 aromatic heterocycles. The van der Waals surface area contributed by atoms with Crippen molar-refractivity contribution in [2.75, 3.05) is 0 Å². The molecule has 0 radical (unpaired) electrons. The van der Waals surface area contributed by atoms with Crippen LogP contribution >= 0.6 is 0 Å². The van der Waals surface area contributed by atoms with E-state index in [0.29, 0.717) is 23.7 Å². The molecule has 7 aromatic rings. The molecule has 224 valence electrons. The molecule has 8 aliphatic rings. The van der Waals surface area contributed by atoms with Gasteiger partial charge in [-0.05, 0) is 158 Å². The largest absolute Gasteiger partial charge is 0.455 e. The maximum absolute atomic E-state index is 10.8. The summed E-state index contributed by atoms with van der Waals surface area (Å²) in [5.74, 6) is 5.85. The molecule has 8 bridgehead atoms. The number of aromatic nitrogens is 1. The predicted octanol–water partition coefficient (Wildman–Crippen LogP) is 11.4. The highest BCUT2D eigenvalue weighted by Gasteiger charge is 2.46. The van der Waals surface area contributed by atoms with E-state index in [1.54, 1.807) is 11.1 Å². The van der Waals surface area contributed by atoms with Gasteiger partial charge in [-0.1, -0.05) is 24.3 Å². The Balaban J connectivity index is 1.28. The van der Waals surface area contributed by atoms with Crippen molar-refractivity contribution in [2.24, 2.45) is 23.7 Å². The number of hydrogen-bond donors (Lipinski definition) is 0. The van der Waals surface area contributed by atoms with Crippen molar-refractivity contribution in [1.29, 1.82) is 5.26 Å². The first-order valence-corrected chi connectivity index (χ1v) is 18.3. The highest BCUT2D eigenvalue weighted by molar-refractivity contribution is 6.34. The number of nitriles is 1. The molecular formula is C43H36N2O. The molecule has 8 aliphatic carbocycles. The molecule has 46 heavy (non-hydrogen) atoms. The van der Waals surface area contributed by atoms with Crippen LogP contribution in [0.4, 0.5) is 0 Å². The molecule has 4 fully saturated rings. The summed E-state index contributed by atoms with van der Waals surface area (Å²) >= 11 is 0. The van der Waals surface area contributed by atoms with Gasteiger partial charge in [0.25, 0.3) is 0 Å². The Hall–Kier alpha value is -4.03. The maximum Gasteiger partial charge on any atom is 0.145 e. The molecule has 3 heteroatoms. The fourth-order valence-electron chi connectivity index (χ4n) is 13.5.